The second kappa shape index (κ2) is 5.73. The molecule has 20 heavy (non-hydrogen) atoms. The molecule has 0 spiro atoms. The van der Waals surface area contributed by atoms with E-state index in [1.807, 2.05) is 0 Å². The summed E-state index contributed by atoms with van der Waals surface area (Å²) in [6, 6.07) is 4.85. The summed E-state index contributed by atoms with van der Waals surface area (Å²) >= 11 is 0. The van der Waals surface area contributed by atoms with Crippen LogP contribution in [-0.2, 0) is 10.0 Å². The van der Waals surface area contributed by atoms with Crippen molar-refractivity contribution in [2.45, 2.75) is 4.90 Å². The molecule has 3 N–H and O–H groups in total. The molecule has 0 aliphatic rings. The Labute approximate surface area is 114 Å². The van der Waals surface area contributed by atoms with E-state index in [9.17, 15) is 12.8 Å². The minimum absolute atomic E-state index is 0.0311. The van der Waals surface area contributed by atoms with Gasteiger partial charge in [-0.25, -0.2) is 12.8 Å². The van der Waals surface area contributed by atoms with Gasteiger partial charge < -0.3 is 10.3 Å². The number of halogens is 1. The molecule has 0 saturated carbocycles. The van der Waals surface area contributed by atoms with Gasteiger partial charge in [0.05, 0.1) is 6.54 Å². The van der Waals surface area contributed by atoms with Crippen molar-refractivity contribution in [2.24, 2.45) is 5.73 Å². The molecule has 0 radical (unpaired) electrons. The van der Waals surface area contributed by atoms with Gasteiger partial charge in [-0.1, -0.05) is 17.0 Å². The highest BCUT2D eigenvalue weighted by Gasteiger charge is 2.20. The molecule has 0 unspecified atom stereocenters. The molecule has 0 aliphatic carbocycles. The normalized spacial score (nSPS) is 10.7. The summed E-state index contributed by atoms with van der Waals surface area (Å²) in [4.78, 5) is -0.501. The maximum Gasteiger partial charge on any atom is 0.266 e. The lowest BCUT2D eigenvalue weighted by Gasteiger charge is -2.06. The molecule has 6 nitrogen and oxygen atoms in total. The molecule has 0 atom stereocenters. The van der Waals surface area contributed by atoms with Crippen LogP contribution < -0.4 is 10.5 Å². The zero-order valence-corrected chi connectivity index (χ0v) is 10.9. The first-order valence-electron chi connectivity index (χ1n) is 5.44. The number of hydrogen-bond acceptors (Lipinski definition) is 5. The zero-order valence-electron chi connectivity index (χ0n) is 10.1. The number of sulfonamides is 1. The van der Waals surface area contributed by atoms with Crippen molar-refractivity contribution in [2.75, 3.05) is 11.3 Å². The largest absolute Gasteiger partial charge is 0.363 e. The van der Waals surface area contributed by atoms with E-state index in [-0.39, 0.29) is 12.4 Å². The number of rotatable bonds is 3. The number of anilines is 1. The lowest BCUT2D eigenvalue weighted by Crippen LogP contribution is -2.14. The van der Waals surface area contributed by atoms with E-state index in [2.05, 4.69) is 26.2 Å². The van der Waals surface area contributed by atoms with Gasteiger partial charge in [-0.15, -0.1) is 0 Å². The Bertz CT molecular complexity index is 761. The van der Waals surface area contributed by atoms with Crippen molar-refractivity contribution in [1.82, 2.24) is 5.16 Å². The Kier molecular flexibility index (Phi) is 4.02. The fourth-order valence-electron chi connectivity index (χ4n) is 1.41. The first-order valence-corrected chi connectivity index (χ1v) is 6.93. The van der Waals surface area contributed by atoms with Crippen LogP contribution in [0.3, 0.4) is 0 Å². The molecular weight excluding hydrogens is 285 g/mol. The SMILES string of the molecule is NCC#Cc1ccc(S(=O)(=O)Nc2ccon2)c(F)c1. The molecular formula is C12H10FN3O3S. The van der Waals surface area contributed by atoms with Crippen molar-refractivity contribution in [1.29, 1.82) is 0 Å². The summed E-state index contributed by atoms with van der Waals surface area (Å²) in [5.41, 5.74) is 5.54. The zero-order chi connectivity index (χ0) is 14.6. The smallest absolute Gasteiger partial charge is 0.266 e. The van der Waals surface area contributed by atoms with E-state index < -0.39 is 20.7 Å². The van der Waals surface area contributed by atoms with Gasteiger partial charge in [-0.05, 0) is 18.2 Å². The van der Waals surface area contributed by atoms with Crippen molar-refractivity contribution in [3.05, 3.63) is 41.9 Å². The third kappa shape index (κ3) is 3.14. The number of aromatic nitrogens is 1. The molecule has 104 valence electrons. The lowest BCUT2D eigenvalue weighted by molar-refractivity contribution is 0.423. The van der Waals surface area contributed by atoms with Crippen LogP contribution in [-0.4, -0.2) is 20.1 Å². The minimum atomic E-state index is -4.07. The Morgan fingerprint density at radius 1 is 1.40 bits per heavy atom. The second-order valence-corrected chi connectivity index (χ2v) is 5.29. The van der Waals surface area contributed by atoms with Crippen LogP contribution in [0.15, 0.2) is 39.9 Å². The van der Waals surface area contributed by atoms with E-state index in [0.717, 1.165) is 12.1 Å². The topological polar surface area (TPSA) is 98.2 Å². The first kappa shape index (κ1) is 14.0. The van der Waals surface area contributed by atoms with Gasteiger partial charge >= 0.3 is 0 Å². The van der Waals surface area contributed by atoms with Crippen molar-refractivity contribution < 1.29 is 17.3 Å². The summed E-state index contributed by atoms with van der Waals surface area (Å²) < 4.78 is 44.3. The molecule has 1 aromatic heterocycles. The molecule has 2 rings (SSSR count). The Morgan fingerprint density at radius 2 is 2.20 bits per heavy atom. The first-order chi connectivity index (χ1) is 9.53. The van der Waals surface area contributed by atoms with E-state index in [0.29, 0.717) is 5.56 Å². The van der Waals surface area contributed by atoms with Gasteiger partial charge in [0.1, 0.15) is 17.0 Å². The molecule has 0 bridgehead atoms. The van der Waals surface area contributed by atoms with Crippen molar-refractivity contribution in [3.8, 4) is 11.8 Å². The molecule has 0 fully saturated rings. The fraction of sp³-hybridized carbons (Fsp3) is 0.0833. The van der Waals surface area contributed by atoms with Gasteiger partial charge in [0, 0.05) is 11.6 Å². The number of hydrogen-bond donors (Lipinski definition) is 2. The predicted molar refractivity (Wildman–Crippen MR) is 69.6 cm³/mol. The van der Waals surface area contributed by atoms with Crippen LogP contribution in [0.1, 0.15) is 5.56 Å². The van der Waals surface area contributed by atoms with Gasteiger partial charge in [-0.3, -0.25) is 4.72 Å². The van der Waals surface area contributed by atoms with Crippen LogP contribution in [0.2, 0.25) is 0 Å². The maximum atomic E-state index is 13.8. The monoisotopic (exact) mass is 295 g/mol. The quantitative estimate of drug-likeness (QED) is 0.821. The van der Waals surface area contributed by atoms with Gasteiger partial charge in [0.2, 0.25) is 0 Å². The van der Waals surface area contributed by atoms with E-state index in [1.54, 1.807) is 0 Å². The van der Waals surface area contributed by atoms with Crippen LogP contribution >= 0.6 is 0 Å². The summed E-state index contributed by atoms with van der Waals surface area (Å²) in [7, 11) is -4.07. The average Bonchev–Trinajstić information content (AvgIpc) is 2.88. The average molecular weight is 295 g/mol. The number of nitrogens with two attached hydrogens (primary N) is 1. The number of nitrogens with one attached hydrogen (secondary N) is 1. The number of benzene rings is 1. The number of nitrogens with zero attached hydrogens (tertiary/aromatic N) is 1. The molecule has 2 aromatic rings. The van der Waals surface area contributed by atoms with Gasteiger partial charge in [0.25, 0.3) is 10.0 Å². The lowest BCUT2D eigenvalue weighted by atomic mass is 10.2. The van der Waals surface area contributed by atoms with Crippen LogP contribution in [0, 0.1) is 17.7 Å². The van der Waals surface area contributed by atoms with Crippen molar-refractivity contribution >= 4 is 15.8 Å². The molecule has 0 amide bonds. The standard InChI is InChI=1S/C12H10FN3O3S/c13-10-8-9(2-1-6-14)3-4-11(10)20(17,18)16-12-5-7-19-15-12/h3-5,7-8H,6,14H2,(H,15,16). The highest BCUT2D eigenvalue weighted by Crippen LogP contribution is 2.18. The van der Waals surface area contributed by atoms with Crippen molar-refractivity contribution in [3.63, 3.8) is 0 Å². The molecule has 0 saturated heterocycles. The van der Waals surface area contributed by atoms with E-state index in [4.69, 9.17) is 5.73 Å². The third-order valence-electron chi connectivity index (χ3n) is 2.23. The summed E-state index contributed by atoms with van der Waals surface area (Å²) in [5, 5.41) is 3.39. The minimum Gasteiger partial charge on any atom is -0.363 e. The van der Waals surface area contributed by atoms with Crippen LogP contribution in [0.4, 0.5) is 10.2 Å². The van der Waals surface area contributed by atoms with E-state index in [1.165, 1.54) is 18.4 Å². The molecule has 8 heteroatoms. The van der Waals surface area contributed by atoms with Crippen LogP contribution in [0.5, 0.6) is 0 Å². The van der Waals surface area contributed by atoms with Gasteiger partial charge in [0.15, 0.2) is 5.82 Å². The maximum absolute atomic E-state index is 13.8. The van der Waals surface area contributed by atoms with Crippen LogP contribution in [0.25, 0.3) is 0 Å². The fourth-order valence-corrected chi connectivity index (χ4v) is 2.46. The Hall–Kier alpha value is -2.37. The summed E-state index contributed by atoms with van der Waals surface area (Å²) in [5.74, 6) is 4.22. The molecule has 1 aromatic carbocycles. The second-order valence-electron chi connectivity index (χ2n) is 3.64. The highest BCUT2D eigenvalue weighted by atomic mass is 32.2. The highest BCUT2D eigenvalue weighted by molar-refractivity contribution is 7.92. The molecule has 1 heterocycles. The summed E-state index contributed by atoms with van der Waals surface area (Å²) in [6.45, 7) is 0.134. The third-order valence-corrected chi connectivity index (χ3v) is 3.62. The summed E-state index contributed by atoms with van der Waals surface area (Å²) in [6.07, 6.45) is 1.19. The van der Waals surface area contributed by atoms with Gasteiger partial charge in [-0.2, -0.15) is 0 Å². The van der Waals surface area contributed by atoms with E-state index >= 15 is 0 Å². The Balaban J connectivity index is 2.33. The Morgan fingerprint density at radius 3 is 2.80 bits per heavy atom. The predicted octanol–water partition coefficient (Wildman–Crippen LogP) is 0.925. The molecule has 0 aliphatic heterocycles.